The minimum absolute atomic E-state index is 0.531. The Bertz CT molecular complexity index is 379. The van der Waals surface area contributed by atoms with Gasteiger partial charge < -0.3 is 24.7 Å². The molecule has 1 heterocycles. The molecule has 2 N–H and O–H groups in total. The van der Waals surface area contributed by atoms with Crippen molar-refractivity contribution < 1.29 is 9.15 Å². The molecule has 0 saturated carbocycles. The van der Waals surface area contributed by atoms with E-state index in [0.717, 1.165) is 44.3 Å². The number of likely N-dealkylation sites (N-methyl/N-ethyl adjacent to an activating group) is 1. The van der Waals surface area contributed by atoms with Crippen LogP contribution >= 0.6 is 0 Å². The largest absolute Gasteiger partial charge is 0.467 e. The van der Waals surface area contributed by atoms with Crippen molar-refractivity contribution in [2.24, 2.45) is 4.99 Å². The first-order chi connectivity index (χ1) is 10.3. The molecule has 0 aliphatic rings. The third kappa shape index (κ3) is 8.37. The Hall–Kier alpha value is -1.53. The van der Waals surface area contributed by atoms with Crippen LogP contribution in [0.4, 0.5) is 0 Å². The Kier molecular flexibility index (Phi) is 9.32. The molecule has 0 saturated heterocycles. The Labute approximate surface area is 127 Å². The van der Waals surface area contributed by atoms with Crippen molar-refractivity contribution in [1.29, 1.82) is 0 Å². The van der Waals surface area contributed by atoms with Gasteiger partial charge in [0.25, 0.3) is 0 Å². The van der Waals surface area contributed by atoms with Crippen LogP contribution in [-0.2, 0) is 11.3 Å². The number of hydrogen-bond acceptors (Lipinski definition) is 4. The third-order valence-corrected chi connectivity index (χ3v) is 3.13. The quantitative estimate of drug-likeness (QED) is 0.387. The number of guanidine groups is 1. The Morgan fingerprint density at radius 1 is 1.38 bits per heavy atom. The summed E-state index contributed by atoms with van der Waals surface area (Å²) in [5, 5.41) is 6.56. The fraction of sp³-hybridized carbons (Fsp3) is 0.667. The number of hydrogen-bond donors (Lipinski definition) is 2. The second-order valence-corrected chi connectivity index (χ2v) is 4.81. The number of aliphatic imine (C=N–C) groups is 1. The molecule has 0 atom stereocenters. The predicted molar refractivity (Wildman–Crippen MR) is 85.5 cm³/mol. The van der Waals surface area contributed by atoms with Crippen LogP contribution in [0.15, 0.2) is 27.8 Å². The summed E-state index contributed by atoms with van der Waals surface area (Å²) in [4.78, 5) is 6.44. The topological polar surface area (TPSA) is 62.0 Å². The average molecular weight is 296 g/mol. The van der Waals surface area contributed by atoms with Crippen LogP contribution in [0, 0.1) is 0 Å². The van der Waals surface area contributed by atoms with E-state index in [1.807, 2.05) is 12.1 Å². The molecule has 0 amide bonds. The molecule has 6 heteroatoms. The standard InChI is InChI=1S/C15H28N4O2/c1-4-19(3)10-9-18-15(16-2)17-8-6-11-20-13-14-7-5-12-21-14/h5,7,12H,4,6,8-11,13H2,1-3H3,(H2,16,17,18). The molecule has 0 unspecified atom stereocenters. The summed E-state index contributed by atoms with van der Waals surface area (Å²) in [6.45, 7) is 7.16. The summed E-state index contributed by atoms with van der Waals surface area (Å²) in [5.41, 5.74) is 0. The summed E-state index contributed by atoms with van der Waals surface area (Å²) < 4.78 is 10.7. The van der Waals surface area contributed by atoms with E-state index in [9.17, 15) is 0 Å². The SMILES string of the molecule is CCN(C)CCNC(=NC)NCCCOCc1ccco1. The van der Waals surface area contributed by atoms with Gasteiger partial charge in [-0.2, -0.15) is 0 Å². The lowest BCUT2D eigenvalue weighted by Gasteiger charge is -2.16. The zero-order chi connectivity index (χ0) is 15.3. The number of ether oxygens (including phenoxy) is 1. The number of rotatable bonds is 10. The number of nitrogens with zero attached hydrogens (tertiary/aromatic N) is 2. The van der Waals surface area contributed by atoms with Crippen molar-refractivity contribution >= 4 is 5.96 Å². The molecule has 0 aliphatic carbocycles. The van der Waals surface area contributed by atoms with Crippen LogP contribution in [0.3, 0.4) is 0 Å². The second kappa shape index (κ2) is 11.2. The molecule has 0 radical (unpaired) electrons. The lowest BCUT2D eigenvalue weighted by Crippen LogP contribution is -2.41. The van der Waals surface area contributed by atoms with Gasteiger partial charge in [0.2, 0.25) is 0 Å². The second-order valence-electron chi connectivity index (χ2n) is 4.81. The fourth-order valence-corrected chi connectivity index (χ4v) is 1.69. The van der Waals surface area contributed by atoms with Gasteiger partial charge in [-0.25, -0.2) is 0 Å². The molecule has 1 rings (SSSR count). The van der Waals surface area contributed by atoms with E-state index in [4.69, 9.17) is 9.15 Å². The van der Waals surface area contributed by atoms with Crippen molar-refractivity contribution in [3.05, 3.63) is 24.2 Å². The molecule has 0 fully saturated rings. The van der Waals surface area contributed by atoms with Crippen LogP contribution < -0.4 is 10.6 Å². The van der Waals surface area contributed by atoms with Gasteiger partial charge in [0, 0.05) is 33.3 Å². The molecule has 0 aromatic carbocycles. The van der Waals surface area contributed by atoms with E-state index in [2.05, 4.69) is 34.5 Å². The highest BCUT2D eigenvalue weighted by Gasteiger charge is 1.99. The van der Waals surface area contributed by atoms with Crippen LogP contribution in [0.25, 0.3) is 0 Å². The fourth-order valence-electron chi connectivity index (χ4n) is 1.69. The maximum Gasteiger partial charge on any atom is 0.191 e. The first-order valence-electron chi connectivity index (χ1n) is 7.49. The van der Waals surface area contributed by atoms with E-state index in [-0.39, 0.29) is 0 Å². The number of furan rings is 1. The van der Waals surface area contributed by atoms with Crippen molar-refractivity contribution in [3.8, 4) is 0 Å². The van der Waals surface area contributed by atoms with E-state index in [1.54, 1.807) is 13.3 Å². The average Bonchev–Trinajstić information content (AvgIpc) is 3.01. The van der Waals surface area contributed by atoms with Crippen molar-refractivity contribution in [1.82, 2.24) is 15.5 Å². The van der Waals surface area contributed by atoms with Gasteiger partial charge in [-0.3, -0.25) is 4.99 Å². The normalized spacial score (nSPS) is 11.9. The lowest BCUT2D eigenvalue weighted by atomic mass is 10.4. The van der Waals surface area contributed by atoms with Gasteiger partial charge in [-0.05, 0) is 32.1 Å². The highest BCUT2D eigenvalue weighted by atomic mass is 16.5. The van der Waals surface area contributed by atoms with Crippen molar-refractivity contribution in [3.63, 3.8) is 0 Å². The molecular formula is C15H28N4O2. The highest BCUT2D eigenvalue weighted by Crippen LogP contribution is 2.01. The minimum atomic E-state index is 0.531. The van der Waals surface area contributed by atoms with E-state index in [1.165, 1.54) is 0 Å². The van der Waals surface area contributed by atoms with E-state index in [0.29, 0.717) is 13.2 Å². The summed E-state index contributed by atoms with van der Waals surface area (Å²) in [6.07, 6.45) is 2.59. The molecule has 0 aliphatic heterocycles. The van der Waals surface area contributed by atoms with Gasteiger partial charge in [0.1, 0.15) is 12.4 Å². The zero-order valence-corrected chi connectivity index (χ0v) is 13.4. The van der Waals surface area contributed by atoms with Gasteiger partial charge in [-0.15, -0.1) is 0 Å². The smallest absolute Gasteiger partial charge is 0.191 e. The zero-order valence-electron chi connectivity index (χ0n) is 13.4. The molecule has 0 bridgehead atoms. The molecular weight excluding hydrogens is 268 g/mol. The Morgan fingerprint density at radius 2 is 2.19 bits per heavy atom. The van der Waals surface area contributed by atoms with Crippen molar-refractivity contribution in [2.45, 2.75) is 20.0 Å². The van der Waals surface area contributed by atoms with Crippen LogP contribution in [0.1, 0.15) is 19.1 Å². The van der Waals surface area contributed by atoms with Gasteiger partial charge in [-0.1, -0.05) is 6.92 Å². The minimum Gasteiger partial charge on any atom is -0.467 e. The van der Waals surface area contributed by atoms with Gasteiger partial charge in [0.05, 0.1) is 6.26 Å². The molecule has 21 heavy (non-hydrogen) atoms. The monoisotopic (exact) mass is 296 g/mol. The summed E-state index contributed by atoms with van der Waals surface area (Å²) in [6, 6.07) is 3.78. The lowest BCUT2D eigenvalue weighted by molar-refractivity contribution is 0.105. The van der Waals surface area contributed by atoms with Gasteiger partial charge >= 0.3 is 0 Å². The Morgan fingerprint density at radius 3 is 2.86 bits per heavy atom. The molecule has 1 aromatic rings. The summed E-state index contributed by atoms with van der Waals surface area (Å²) in [7, 11) is 3.89. The summed E-state index contributed by atoms with van der Waals surface area (Å²) in [5.74, 6) is 1.70. The third-order valence-electron chi connectivity index (χ3n) is 3.13. The van der Waals surface area contributed by atoms with Crippen LogP contribution in [0.2, 0.25) is 0 Å². The van der Waals surface area contributed by atoms with Crippen LogP contribution in [-0.4, -0.2) is 57.7 Å². The van der Waals surface area contributed by atoms with Crippen molar-refractivity contribution in [2.75, 3.05) is 46.9 Å². The predicted octanol–water partition coefficient (Wildman–Crippen LogP) is 1.30. The van der Waals surface area contributed by atoms with E-state index >= 15 is 0 Å². The first-order valence-corrected chi connectivity index (χ1v) is 7.49. The van der Waals surface area contributed by atoms with Crippen LogP contribution in [0.5, 0.6) is 0 Å². The molecule has 1 aromatic heterocycles. The Balaban J connectivity index is 1.99. The maximum absolute atomic E-state index is 5.52. The highest BCUT2D eigenvalue weighted by molar-refractivity contribution is 5.79. The maximum atomic E-state index is 5.52. The number of nitrogens with one attached hydrogen (secondary N) is 2. The molecule has 120 valence electrons. The van der Waals surface area contributed by atoms with Gasteiger partial charge in [0.15, 0.2) is 5.96 Å². The molecule has 6 nitrogen and oxygen atoms in total. The van der Waals surface area contributed by atoms with E-state index < -0.39 is 0 Å². The first kappa shape index (κ1) is 17.5. The molecule has 0 spiro atoms. The summed E-state index contributed by atoms with van der Waals surface area (Å²) >= 11 is 0.